The number of methoxy groups -OCH3 is 1. The molecular formula is C23H28ClNO4. The van der Waals surface area contributed by atoms with Gasteiger partial charge in [0.2, 0.25) is 0 Å². The number of carbonyl (C=O) groups excluding carboxylic acids is 1. The minimum absolute atomic E-state index is 0.188. The Labute approximate surface area is 177 Å². The summed E-state index contributed by atoms with van der Waals surface area (Å²) in [6, 6.07) is 9.14. The molecular weight excluding hydrogens is 390 g/mol. The van der Waals surface area contributed by atoms with Crippen molar-refractivity contribution < 1.29 is 19.0 Å². The fourth-order valence-corrected chi connectivity index (χ4v) is 3.72. The van der Waals surface area contributed by atoms with E-state index in [1.165, 1.54) is 0 Å². The average Bonchev–Trinajstić information content (AvgIpc) is 2.64. The quantitative estimate of drug-likeness (QED) is 0.730. The van der Waals surface area contributed by atoms with Gasteiger partial charge in [-0.15, -0.1) is 0 Å². The van der Waals surface area contributed by atoms with E-state index in [1.54, 1.807) is 14.0 Å². The summed E-state index contributed by atoms with van der Waals surface area (Å²) in [6.45, 7) is 9.60. The maximum absolute atomic E-state index is 12.9. The Morgan fingerprint density at radius 1 is 1.21 bits per heavy atom. The minimum atomic E-state index is -0.657. The molecule has 1 N–H and O–H groups in total. The third kappa shape index (κ3) is 4.78. The van der Waals surface area contributed by atoms with Crippen LogP contribution in [0.25, 0.3) is 0 Å². The number of fused-ring (bicyclic) bond motifs is 1. The summed E-state index contributed by atoms with van der Waals surface area (Å²) in [4.78, 5) is 12.9. The zero-order valence-electron chi connectivity index (χ0n) is 17.8. The second kappa shape index (κ2) is 8.15. The van der Waals surface area contributed by atoms with Crippen molar-refractivity contribution in [2.75, 3.05) is 7.11 Å². The molecule has 0 aromatic heterocycles. The Hall–Kier alpha value is -2.40. The Morgan fingerprint density at radius 3 is 2.48 bits per heavy atom. The van der Waals surface area contributed by atoms with Crippen LogP contribution in [-0.4, -0.2) is 24.7 Å². The first-order valence-electron chi connectivity index (χ1n) is 9.70. The highest BCUT2D eigenvalue weighted by Crippen LogP contribution is 2.41. The Kier molecular flexibility index (Phi) is 5.99. The van der Waals surface area contributed by atoms with Crippen molar-refractivity contribution in [2.24, 2.45) is 0 Å². The number of carbonyl (C=O) groups is 1. The molecule has 3 rings (SSSR count). The van der Waals surface area contributed by atoms with E-state index in [0.29, 0.717) is 17.2 Å². The van der Waals surface area contributed by atoms with E-state index >= 15 is 0 Å². The van der Waals surface area contributed by atoms with Crippen LogP contribution in [0.3, 0.4) is 0 Å². The second-order valence-electron chi connectivity index (χ2n) is 8.16. The molecule has 0 spiro atoms. The molecule has 156 valence electrons. The summed E-state index contributed by atoms with van der Waals surface area (Å²) in [5, 5.41) is 3.83. The predicted octanol–water partition coefficient (Wildman–Crippen LogP) is 5.15. The monoisotopic (exact) mass is 417 g/mol. The van der Waals surface area contributed by atoms with Crippen LogP contribution in [-0.2, 0) is 4.79 Å². The van der Waals surface area contributed by atoms with E-state index in [4.69, 9.17) is 25.8 Å². The molecule has 0 unspecified atom stereocenters. The van der Waals surface area contributed by atoms with Crippen LogP contribution in [0, 0.1) is 13.8 Å². The maximum atomic E-state index is 12.9. The van der Waals surface area contributed by atoms with Crippen molar-refractivity contribution in [1.82, 2.24) is 5.32 Å². The van der Waals surface area contributed by atoms with E-state index < -0.39 is 11.7 Å². The van der Waals surface area contributed by atoms with Crippen LogP contribution < -0.4 is 19.5 Å². The Balaban J connectivity index is 1.77. The van der Waals surface area contributed by atoms with E-state index in [-0.39, 0.29) is 11.9 Å². The normalized spacial score (nSPS) is 18.2. The number of hydrogen-bond donors (Lipinski definition) is 1. The first-order valence-corrected chi connectivity index (χ1v) is 10.1. The Morgan fingerprint density at radius 2 is 1.86 bits per heavy atom. The van der Waals surface area contributed by atoms with Gasteiger partial charge in [0.25, 0.3) is 5.91 Å². The van der Waals surface area contributed by atoms with Crippen molar-refractivity contribution in [3.63, 3.8) is 0 Å². The number of aryl methyl sites for hydroxylation is 2. The molecule has 1 heterocycles. The van der Waals surface area contributed by atoms with Gasteiger partial charge in [-0.05, 0) is 76.1 Å². The number of hydrogen-bond acceptors (Lipinski definition) is 4. The van der Waals surface area contributed by atoms with E-state index in [0.717, 1.165) is 28.2 Å². The van der Waals surface area contributed by atoms with Crippen molar-refractivity contribution in [1.29, 1.82) is 0 Å². The Bertz CT molecular complexity index is 902. The SMILES string of the molecule is COc1ccc2c(c1)[C@H](NC(=O)[C@@H](C)Oc1cc(C)c(Cl)c(C)c1)CC(C)(C)O2. The highest BCUT2D eigenvalue weighted by atomic mass is 35.5. The third-order valence-electron chi connectivity index (χ3n) is 5.08. The molecule has 0 radical (unpaired) electrons. The smallest absolute Gasteiger partial charge is 0.261 e. The molecule has 0 bridgehead atoms. The van der Waals surface area contributed by atoms with Gasteiger partial charge < -0.3 is 19.5 Å². The first kappa shape index (κ1) is 21.3. The van der Waals surface area contributed by atoms with Gasteiger partial charge in [0.15, 0.2) is 6.10 Å². The van der Waals surface area contributed by atoms with Crippen LogP contribution in [0.1, 0.15) is 49.9 Å². The van der Waals surface area contributed by atoms with Crippen LogP contribution in [0.4, 0.5) is 0 Å². The number of benzene rings is 2. The molecule has 0 fully saturated rings. The van der Waals surface area contributed by atoms with Crippen molar-refractivity contribution in [2.45, 2.75) is 58.8 Å². The fraction of sp³-hybridized carbons (Fsp3) is 0.435. The van der Waals surface area contributed by atoms with E-state index in [1.807, 2.05) is 58.0 Å². The highest BCUT2D eigenvalue weighted by Gasteiger charge is 2.35. The van der Waals surface area contributed by atoms with Crippen molar-refractivity contribution >= 4 is 17.5 Å². The molecule has 2 aromatic carbocycles. The molecule has 2 atom stereocenters. The predicted molar refractivity (Wildman–Crippen MR) is 114 cm³/mol. The molecule has 5 nitrogen and oxygen atoms in total. The zero-order valence-corrected chi connectivity index (χ0v) is 18.5. The van der Waals surface area contributed by atoms with Crippen LogP contribution in [0.2, 0.25) is 5.02 Å². The van der Waals surface area contributed by atoms with Gasteiger partial charge in [-0.1, -0.05) is 11.6 Å². The van der Waals surface area contributed by atoms with Crippen molar-refractivity contribution in [3.05, 3.63) is 52.0 Å². The minimum Gasteiger partial charge on any atom is -0.497 e. The lowest BCUT2D eigenvalue weighted by Gasteiger charge is -2.38. The van der Waals surface area contributed by atoms with Crippen LogP contribution >= 0.6 is 11.6 Å². The first-order chi connectivity index (χ1) is 13.6. The van der Waals surface area contributed by atoms with Crippen molar-refractivity contribution in [3.8, 4) is 17.2 Å². The largest absolute Gasteiger partial charge is 0.497 e. The van der Waals surface area contributed by atoms with Crippen LogP contribution in [0.5, 0.6) is 17.2 Å². The zero-order chi connectivity index (χ0) is 21.3. The van der Waals surface area contributed by atoms with Gasteiger partial charge in [0, 0.05) is 17.0 Å². The maximum Gasteiger partial charge on any atom is 0.261 e. The summed E-state index contributed by atoms with van der Waals surface area (Å²) in [7, 11) is 1.62. The van der Waals surface area contributed by atoms with Gasteiger partial charge in [-0.25, -0.2) is 0 Å². The lowest BCUT2D eigenvalue weighted by molar-refractivity contribution is -0.128. The van der Waals surface area contributed by atoms with Gasteiger partial charge in [0.05, 0.1) is 13.2 Å². The summed E-state index contributed by atoms with van der Waals surface area (Å²) < 4.78 is 17.3. The van der Waals surface area contributed by atoms with Gasteiger partial charge in [0.1, 0.15) is 22.8 Å². The van der Waals surface area contributed by atoms with Gasteiger partial charge in [-0.2, -0.15) is 0 Å². The average molecular weight is 418 g/mol. The molecule has 2 aromatic rings. The molecule has 0 aliphatic carbocycles. The molecule has 6 heteroatoms. The molecule has 1 amide bonds. The fourth-order valence-electron chi connectivity index (χ4n) is 3.61. The number of amides is 1. The lowest BCUT2D eigenvalue weighted by atomic mass is 9.89. The second-order valence-corrected chi connectivity index (χ2v) is 8.54. The van der Waals surface area contributed by atoms with Crippen LogP contribution in [0.15, 0.2) is 30.3 Å². The highest BCUT2D eigenvalue weighted by molar-refractivity contribution is 6.32. The molecule has 1 aliphatic rings. The summed E-state index contributed by atoms with van der Waals surface area (Å²) in [5.41, 5.74) is 2.35. The lowest BCUT2D eigenvalue weighted by Crippen LogP contribution is -2.44. The van der Waals surface area contributed by atoms with Gasteiger partial charge in [-0.3, -0.25) is 4.79 Å². The topological polar surface area (TPSA) is 56.8 Å². The standard InChI is InChI=1S/C23H28ClNO4/c1-13-9-17(10-14(2)21(13)24)28-15(3)22(26)25-19-12-23(4,5)29-20-8-7-16(27-6)11-18(19)20/h7-11,15,19H,12H2,1-6H3,(H,25,26)/t15-,19-/m1/s1. The number of nitrogens with one attached hydrogen (secondary N) is 1. The molecule has 0 saturated carbocycles. The van der Waals surface area contributed by atoms with E-state index in [2.05, 4.69) is 5.32 Å². The summed E-state index contributed by atoms with van der Waals surface area (Å²) in [6.07, 6.45) is -0.0138. The molecule has 1 aliphatic heterocycles. The number of ether oxygens (including phenoxy) is 3. The summed E-state index contributed by atoms with van der Waals surface area (Å²) >= 11 is 6.22. The molecule has 29 heavy (non-hydrogen) atoms. The third-order valence-corrected chi connectivity index (χ3v) is 5.68. The van der Waals surface area contributed by atoms with E-state index in [9.17, 15) is 4.79 Å². The molecule has 0 saturated heterocycles. The summed E-state index contributed by atoms with van der Waals surface area (Å²) in [5.74, 6) is 1.92. The number of halogens is 1. The number of rotatable bonds is 5. The van der Waals surface area contributed by atoms with Gasteiger partial charge >= 0.3 is 0 Å².